The predicted octanol–water partition coefficient (Wildman–Crippen LogP) is 4.32. The minimum Gasteiger partial charge on any atom is -0.489 e. The third kappa shape index (κ3) is 3.97. The summed E-state index contributed by atoms with van der Waals surface area (Å²) in [6, 6.07) is 5.13. The van der Waals surface area contributed by atoms with Crippen molar-refractivity contribution in [3.8, 4) is 5.75 Å². The van der Waals surface area contributed by atoms with E-state index in [1.54, 1.807) is 6.07 Å². The Labute approximate surface area is 128 Å². The van der Waals surface area contributed by atoms with Gasteiger partial charge in [0.2, 0.25) is 0 Å². The zero-order chi connectivity index (χ0) is 15.6. The van der Waals surface area contributed by atoms with Gasteiger partial charge in [-0.05, 0) is 68.3 Å². The molecule has 2 rings (SSSR count). The Hall–Kier alpha value is -1.09. The van der Waals surface area contributed by atoms with Crippen molar-refractivity contribution in [2.75, 3.05) is 7.05 Å². The Balaban J connectivity index is 2.14. The smallest absolute Gasteiger partial charge is 0.123 e. The number of likely N-dealkylation sites (N-methyl/N-ethyl adjacent to an activating group) is 1. The minimum absolute atomic E-state index is 0.150. The summed E-state index contributed by atoms with van der Waals surface area (Å²) in [5, 5.41) is 3.38. The van der Waals surface area contributed by atoms with Crippen molar-refractivity contribution in [1.29, 1.82) is 0 Å². The summed E-state index contributed by atoms with van der Waals surface area (Å²) in [6.45, 7) is 8.81. The second kappa shape index (κ2) is 6.35. The molecule has 1 aliphatic carbocycles. The van der Waals surface area contributed by atoms with Gasteiger partial charge in [0, 0.05) is 6.04 Å². The third-order valence-corrected chi connectivity index (χ3v) is 4.80. The monoisotopic (exact) mass is 293 g/mol. The number of nitrogens with one attached hydrogen (secondary N) is 1. The van der Waals surface area contributed by atoms with Crippen molar-refractivity contribution in [3.63, 3.8) is 0 Å². The van der Waals surface area contributed by atoms with Crippen LogP contribution < -0.4 is 10.1 Å². The summed E-state index contributed by atoms with van der Waals surface area (Å²) in [5.41, 5.74) is 1.17. The maximum atomic E-state index is 13.2. The molecule has 1 fully saturated rings. The molecule has 0 bridgehead atoms. The van der Waals surface area contributed by atoms with Crippen molar-refractivity contribution in [2.24, 2.45) is 11.3 Å². The van der Waals surface area contributed by atoms with Crippen LogP contribution in [-0.4, -0.2) is 19.2 Å². The van der Waals surface area contributed by atoms with Gasteiger partial charge >= 0.3 is 0 Å². The fourth-order valence-corrected chi connectivity index (χ4v) is 3.28. The molecule has 1 N–H and O–H groups in total. The molecule has 0 spiro atoms. The van der Waals surface area contributed by atoms with Gasteiger partial charge in [0.25, 0.3) is 0 Å². The van der Waals surface area contributed by atoms with E-state index >= 15 is 0 Å². The first-order chi connectivity index (χ1) is 9.81. The zero-order valence-corrected chi connectivity index (χ0v) is 13.9. The molecule has 1 aromatic rings. The van der Waals surface area contributed by atoms with E-state index in [1.165, 1.54) is 18.6 Å². The molecular weight excluding hydrogens is 265 g/mol. The van der Waals surface area contributed by atoms with Crippen LogP contribution in [0.4, 0.5) is 4.39 Å². The molecule has 1 aromatic carbocycles. The zero-order valence-electron chi connectivity index (χ0n) is 13.9. The number of halogens is 1. The number of rotatable bonds is 3. The molecule has 3 atom stereocenters. The van der Waals surface area contributed by atoms with Crippen molar-refractivity contribution in [1.82, 2.24) is 5.32 Å². The number of benzene rings is 1. The fraction of sp³-hybridized carbons (Fsp3) is 0.667. The molecule has 0 amide bonds. The van der Waals surface area contributed by atoms with Crippen LogP contribution in [0.2, 0.25) is 0 Å². The number of hydrogen-bond donors (Lipinski definition) is 1. The highest BCUT2D eigenvalue weighted by Gasteiger charge is 2.36. The van der Waals surface area contributed by atoms with E-state index < -0.39 is 0 Å². The summed E-state index contributed by atoms with van der Waals surface area (Å²) >= 11 is 0. The number of aryl methyl sites for hydroxylation is 1. The minimum atomic E-state index is -0.207. The molecule has 0 radical (unpaired) electrons. The maximum Gasteiger partial charge on any atom is 0.123 e. The van der Waals surface area contributed by atoms with Gasteiger partial charge in [-0.15, -0.1) is 0 Å². The van der Waals surface area contributed by atoms with Gasteiger partial charge in [0.05, 0.1) is 0 Å². The van der Waals surface area contributed by atoms with E-state index in [0.717, 1.165) is 24.2 Å². The van der Waals surface area contributed by atoms with E-state index in [0.29, 0.717) is 17.4 Å². The summed E-state index contributed by atoms with van der Waals surface area (Å²) in [4.78, 5) is 0. The molecule has 1 saturated carbocycles. The van der Waals surface area contributed by atoms with E-state index in [2.05, 4.69) is 26.1 Å². The molecule has 0 aliphatic heterocycles. The first kappa shape index (κ1) is 16.3. The van der Waals surface area contributed by atoms with Gasteiger partial charge < -0.3 is 10.1 Å². The van der Waals surface area contributed by atoms with Gasteiger partial charge in [0.15, 0.2) is 0 Å². The Morgan fingerprint density at radius 1 is 1.24 bits per heavy atom. The molecule has 0 saturated heterocycles. The molecule has 21 heavy (non-hydrogen) atoms. The van der Waals surface area contributed by atoms with Crippen LogP contribution in [0.25, 0.3) is 0 Å². The lowest BCUT2D eigenvalue weighted by molar-refractivity contribution is 0.0491. The maximum absolute atomic E-state index is 13.2. The van der Waals surface area contributed by atoms with Crippen molar-refractivity contribution in [2.45, 2.75) is 59.1 Å². The molecule has 1 aliphatic rings. The number of ether oxygens (including phenoxy) is 1. The van der Waals surface area contributed by atoms with Gasteiger partial charge in [0.1, 0.15) is 17.7 Å². The van der Waals surface area contributed by atoms with E-state index in [-0.39, 0.29) is 11.9 Å². The van der Waals surface area contributed by atoms with Crippen LogP contribution in [0.5, 0.6) is 5.75 Å². The lowest BCUT2D eigenvalue weighted by Gasteiger charge is -2.41. The largest absolute Gasteiger partial charge is 0.489 e. The SMILES string of the molecule is CNC1CCC(C(C)(C)C)CC1Oc1ccc(F)cc1C. The summed E-state index contributed by atoms with van der Waals surface area (Å²) < 4.78 is 19.5. The fourth-order valence-electron chi connectivity index (χ4n) is 3.28. The van der Waals surface area contributed by atoms with Gasteiger partial charge in [-0.25, -0.2) is 4.39 Å². The summed E-state index contributed by atoms with van der Waals surface area (Å²) in [5.74, 6) is 1.25. The molecule has 118 valence electrons. The summed E-state index contributed by atoms with van der Waals surface area (Å²) in [7, 11) is 2.00. The van der Waals surface area contributed by atoms with Crippen LogP contribution in [0, 0.1) is 24.1 Å². The molecule has 3 heteroatoms. The van der Waals surface area contributed by atoms with Gasteiger partial charge in [-0.1, -0.05) is 20.8 Å². The van der Waals surface area contributed by atoms with Crippen molar-refractivity contribution in [3.05, 3.63) is 29.6 Å². The lowest BCUT2D eigenvalue weighted by Crippen LogP contribution is -2.47. The average Bonchev–Trinajstić information content (AvgIpc) is 2.41. The quantitative estimate of drug-likeness (QED) is 0.896. The van der Waals surface area contributed by atoms with E-state index in [4.69, 9.17) is 4.74 Å². The second-order valence-electron chi connectivity index (χ2n) is 7.34. The summed E-state index contributed by atoms with van der Waals surface area (Å²) in [6.07, 6.45) is 3.56. The van der Waals surface area contributed by atoms with Crippen LogP contribution in [0.3, 0.4) is 0 Å². The number of hydrogen-bond acceptors (Lipinski definition) is 2. The lowest BCUT2D eigenvalue weighted by atomic mass is 9.70. The van der Waals surface area contributed by atoms with Crippen LogP contribution in [0.1, 0.15) is 45.6 Å². The van der Waals surface area contributed by atoms with Crippen molar-refractivity contribution >= 4 is 0 Å². The van der Waals surface area contributed by atoms with E-state index in [1.807, 2.05) is 14.0 Å². The van der Waals surface area contributed by atoms with Crippen LogP contribution >= 0.6 is 0 Å². The molecule has 0 aromatic heterocycles. The molecular formula is C18H28FNO. The Bertz CT molecular complexity index is 481. The highest BCUT2D eigenvalue weighted by molar-refractivity contribution is 5.33. The van der Waals surface area contributed by atoms with Gasteiger partial charge in [-0.3, -0.25) is 0 Å². The highest BCUT2D eigenvalue weighted by Crippen LogP contribution is 2.39. The topological polar surface area (TPSA) is 21.3 Å². The third-order valence-electron chi connectivity index (χ3n) is 4.80. The Kier molecular flexibility index (Phi) is 4.92. The normalized spacial score (nSPS) is 26.7. The van der Waals surface area contributed by atoms with Crippen LogP contribution in [-0.2, 0) is 0 Å². The van der Waals surface area contributed by atoms with Crippen molar-refractivity contribution < 1.29 is 9.13 Å². The Morgan fingerprint density at radius 3 is 2.52 bits per heavy atom. The molecule has 3 unspecified atom stereocenters. The first-order valence-electron chi connectivity index (χ1n) is 7.91. The second-order valence-corrected chi connectivity index (χ2v) is 7.34. The average molecular weight is 293 g/mol. The van der Waals surface area contributed by atoms with Gasteiger partial charge in [-0.2, -0.15) is 0 Å². The standard InChI is InChI=1S/C18H28FNO/c1-12-10-14(19)7-9-16(12)21-17-11-13(18(2,3)4)6-8-15(17)20-5/h7,9-10,13,15,17,20H,6,8,11H2,1-5H3. The van der Waals surface area contributed by atoms with Crippen LogP contribution in [0.15, 0.2) is 18.2 Å². The highest BCUT2D eigenvalue weighted by atomic mass is 19.1. The Morgan fingerprint density at radius 2 is 1.95 bits per heavy atom. The van der Waals surface area contributed by atoms with E-state index in [9.17, 15) is 4.39 Å². The molecule has 0 heterocycles. The first-order valence-corrected chi connectivity index (χ1v) is 7.91. The predicted molar refractivity (Wildman–Crippen MR) is 85.2 cm³/mol. The molecule has 2 nitrogen and oxygen atoms in total.